The summed E-state index contributed by atoms with van der Waals surface area (Å²) < 4.78 is 43.4. The Balaban J connectivity index is 1.54. The van der Waals surface area contributed by atoms with Crippen LogP contribution in [0.2, 0.25) is 0 Å². The Morgan fingerprint density at radius 2 is 1.70 bits per heavy atom. The van der Waals surface area contributed by atoms with E-state index in [1.54, 1.807) is 11.0 Å². The average molecular weight is 552 g/mol. The Bertz CT molecular complexity index is 1550. The Morgan fingerprint density at radius 1 is 1.05 bits per heavy atom. The minimum absolute atomic E-state index is 0.0167. The number of hydrogen-bond donors (Lipinski definition) is 1. The van der Waals surface area contributed by atoms with E-state index >= 15 is 0 Å². The Morgan fingerprint density at radius 3 is 2.33 bits per heavy atom. The number of hydrogen-bond acceptors (Lipinski definition) is 5. The number of anilines is 1. The molecule has 1 N–H and O–H groups in total. The molecule has 5 rings (SSSR count). The molecule has 1 unspecified atom stereocenters. The highest BCUT2D eigenvalue weighted by atomic mass is 19.2. The van der Waals surface area contributed by atoms with Gasteiger partial charge in [-0.25, -0.2) is 18.2 Å². The van der Waals surface area contributed by atoms with Crippen molar-refractivity contribution < 1.29 is 27.9 Å². The van der Waals surface area contributed by atoms with Crippen LogP contribution < -0.4 is 4.90 Å². The zero-order valence-electron chi connectivity index (χ0n) is 22.0. The third-order valence-electron chi connectivity index (χ3n) is 7.50. The summed E-state index contributed by atoms with van der Waals surface area (Å²) in [4.78, 5) is 32.5. The molecule has 0 bridgehead atoms. The number of carbonyl (C=O) groups is 2. The minimum Gasteiger partial charge on any atom is -0.481 e. The van der Waals surface area contributed by atoms with Crippen molar-refractivity contribution in [1.82, 2.24) is 19.5 Å². The standard InChI is InChI=1S/C29H28F3N5O3/c1-17(19-6-4-3-5-7-19)35(2)26-16-23(20-13-21(30)28(32)22(31)14-20)33-25-15-24(34-37(25)26)29(40)36-10-8-18(9-11-36)12-27(38)39/h3-7,13-18H,8-12H2,1-2H3,(H,38,39). The molecule has 2 aromatic carbocycles. The van der Waals surface area contributed by atoms with E-state index in [9.17, 15) is 22.8 Å². The average Bonchev–Trinajstić information content (AvgIpc) is 3.39. The highest BCUT2D eigenvalue weighted by Crippen LogP contribution is 2.31. The number of likely N-dealkylation sites (tertiary alicyclic amines) is 1. The van der Waals surface area contributed by atoms with Crippen LogP contribution in [-0.2, 0) is 4.79 Å². The number of piperidine rings is 1. The fraction of sp³-hybridized carbons (Fsp3) is 0.310. The number of fused-ring (bicyclic) bond motifs is 1. The second kappa shape index (κ2) is 11.0. The number of halogens is 3. The predicted octanol–water partition coefficient (Wildman–Crippen LogP) is 5.34. The van der Waals surface area contributed by atoms with Gasteiger partial charge in [0.25, 0.3) is 5.91 Å². The molecule has 1 aliphatic rings. The van der Waals surface area contributed by atoms with Crippen molar-refractivity contribution in [3.63, 3.8) is 0 Å². The van der Waals surface area contributed by atoms with Gasteiger partial charge in [0.05, 0.1) is 11.7 Å². The summed E-state index contributed by atoms with van der Waals surface area (Å²) in [6, 6.07) is 14.4. The normalized spacial score (nSPS) is 14.9. The molecule has 1 saturated heterocycles. The summed E-state index contributed by atoms with van der Waals surface area (Å²) in [5.41, 5.74) is 1.63. The molecule has 208 valence electrons. The van der Waals surface area contributed by atoms with Crippen molar-refractivity contribution in [1.29, 1.82) is 0 Å². The molecule has 1 atom stereocenters. The first-order valence-corrected chi connectivity index (χ1v) is 13.0. The lowest BCUT2D eigenvalue weighted by molar-refractivity contribution is -0.138. The quantitative estimate of drug-likeness (QED) is 0.312. The molecular formula is C29H28F3N5O3. The number of amides is 1. The summed E-state index contributed by atoms with van der Waals surface area (Å²) >= 11 is 0. The zero-order chi connectivity index (χ0) is 28.6. The fourth-order valence-corrected chi connectivity index (χ4v) is 5.07. The topological polar surface area (TPSA) is 91.0 Å². The van der Waals surface area contributed by atoms with Gasteiger partial charge in [0.2, 0.25) is 0 Å². The first kappa shape index (κ1) is 27.2. The number of benzene rings is 2. The molecule has 1 amide bonds. The van der Waals surface area contributed by atoms with E-state index in [1.165, 1.54) is 10.6 Å². The second-order valence-corrected chi connectivity index (χ2v) is 10.1. The van der Waals surface area contributed by atoms with Crippen molar-refractivity contribution in [2.75, 3.05) is 25.0 Å². The molecular weight excluding hydrogens is 523 g/mol. The van der Waals surface area contributed by atoms with Gasteiger partial charge in [-0.1, -0.05) is 30.3 Å². The van der Waals surface area contributed by atoms with E-state index in [1.807, 2.05) is 49.2 Å². The Kier molecular flexibility index (Phi) is 7.46. The van der Waals surface area contributed by atoms with Crippen LogP contribution in [0.3, 0.4) is 0 Å². The maximum atomic E-state index is 14.1. The van der Waals surface area contributed by atoms with Gasteiger partial charge in [-0.15, -0.1) is 0 Å². The van der Waals surface area contributed by atoms with E-state index in [0.717, 1.165) is 17.7 Å². The lowest BCUT2D eigenvalue weighted by Gasteiger charge is -2.30. The summed E-state index contributed by atoms with van der Waals surface area (Å²) in [7, 11) is 1.83. The first-order chi connectivity index (χ1) is 19.1. The van der Waals surface area contributed by atoms with Gasteiger partial charge in [-0.05, 0) is 43.4 Å². The van der Waals surface area contributed by atoms with Crippen LogP contribution in [0, 0.1) is 23.4 Å². The van der Waals surface area contributed by atoms with Crippen LogP contribution in [0.25, 0.3) is 16.9 Å². The van der Waals surface area contributed by atoms with Crippen LogP contribution in [0.15, 0.2) is 54.6 Å². The van der Waals surface area contributed by atoms with E-state index in [4.69, 9.17) is 5.11 Å². The number of carbonyl (C=O) groups excluding carboxylic acids is 1. The van der Waals surface area contributed by atoms with Crippen molar-refractivity contribution >= 4 is 23.3 Å². The highest BCUT2D eigenvalue weighted by molar-refractivity contribution is 5.93. The molecule has 1 fully saturated rings. The SMILES string of the molecule is CC(c1ccccc1)N(C)c1cc(-c2cc(F)c(F)c(F)c2)nc2cc(C(=O)N3CCC(CC(=O)O)CC3)nn12. The molecule has 11 heteroatoms. The van der Waals surface area contributed by atoms with Gasteiger partial charge in [-0.3, -0.25) is 9.59 Å². The Labute approximate surface area is 228 Å². The van der Waals surface area contributed by atoms with Crippen LogP contribution in [0.5, 0.6) is 0 Å². The third-order valence-corrected chi connectivity index (χ3v) is 7.50. The number of carboxylic acids is 1. The number of aliphatic carboxylic acids is 1. The monoisotopic (exact) mass is 551 g/mol. The van der Waals surface area contributed by atoms with Crippen molar-refractivity contribution in [2.24, 2.45) is 5.92 Å². The largest absolute Gasteiger partial charge is 0.481 e. The summed E-state index contributed by atoms with van der Waals surface area (Å²) in [5, 5.41) is 13.6. The van der Waals surface area contributed by atoms with E-state index in [2.05, 4.69) is 10.1 Å². The summed E-state index contributed by atoms with van der Waals surface area (Å²) in [5.74, 6) is -4.88. The fourth-order valence-electron chi connectivity index (χ4n) is 5.07. The molecule has 2 aromatic heterocycles. The van der Waals surface area contributed by atoms with Crippen molar-refractivity contribution in [3.05, 3.63) is 83.3 Å². The highest BCUT2D eigenvalue weighted by Gasteiger charge is 2.28. The molecule has 0 aliphatic carbocycles. The van der Waals surface area contributed by atoms with Gasteiger partial charge < -0.3 is 14.9 Å². The van der Waals surface area contributed by atoms with Crippen molar-refractivity contribution in [3.8, 4) is 11.3 Å². The maximum Gasteiger partial charge on any atom is 0.303 e. The minimum atomic E-state index is -1.57. The van der Waals surface area contributed by atoms with Crippen LogP contribution in [0.4, 0.5) is 19.0 Å². The van der Waals surface area contributed by atoms with Gasteiger partial charge in [0.15, 0.2) is 28.8 Å². The van der Waals surface area contributed by atoms with Gasteiger partial charge in [0.1, 0.15) is 5.82 Å². The van der Waals surface area contributed by atoms with Crippen LogP contribution in [0.1, 0.15) is 48.3 Å². The van der Waals surface area contributed by atoms with E-state index in [-0.39, 0.29) is 46.9 Å². The van der Waals surface area contributed by atoms with Crippen molar-refractivity contribution in [2.45, 2.75) is 32.2 Å². The number of rotatable bonds is 7. The van der Waals surface area contributed by atoms with Gasteiger partial charge >= 0.3 is 5.97 Å². The molecule has 4 aromatic rings. The van der Waals surface area contributed by atoms with E-state index < -0.39 is 23.4 Å². The number of nitrogens with zero attached hydrogens (tertiary/aromatic N) is 5. The van der Waals surface area contributed by atoms with Gasteiger partial charge in [-0.2, -0.15) is 9.61 Å². The molecule has 0 radical (unpaired) electrons. The maximum absolute atomic E-state index is 14.1. The summed E-state index contributed by atoms with van der Waals surface area (Å²) in [6.07, 6.45) is 1.24. The molecule has 0 spiro atoms. The number of carboxylic acid groups (broad SMARTS) is 1. The van der Waals surface area contributed by atoms with Crippen LogP contribution in [-0.4, -0.2) is 56.6 Å². The molecule has 3 heterocycles. The molecule has 1 aliphatic heterocycles. The summed E-state index contributed by atoms with van der Waals surface area (Å²) in [6.45, 7) is 2.81. The molecule has 0 saturated carbocycles. The van der Waals surface area contributed by atoms with Crippen LogP contribution >= 0.6 is 0 Å². The predicted molar refractivity (Wildman–Crippen MR) is 142 cm³/mol. The number of aromatic nitrogens is 3. The zero-order valence-corrected chi connectivity index (χ0v) is 22.0. The van der Waals surface area contributed by atoms with Gasteiger partial charge in [0, 0.05) is 44.3 Å². The molecule has 40 heavy (non-hydrogen) atoms. The molecule has 8 nitrogen and oxygen atoms in total. The Hall–Kier alpha value is -4.41. The first-order valence-electron chi connectivity index (χ1n) is 13.0. The third kappa shape index (κ3) is 5.36. The lowest BCUT2D eigenvalue weighted by atomic mass is 9.93. The lowest BCUT2D eigenvalue weighted by Crippen LogP contribution is -2.39. The second-order valence-electron chi connectivity index (χ2n) is 10.1. The van der Waals surface area contributed by atoms with E-state index in [0.29, 0.717) is 31.7 Å². The smallest absolute Gasteiger partial charge is 0.303 e.